The van der Waals surface area contributed by atoms with E-state index in [-0.39, 0.29) is 34.7 Å². The first-order valence-corrected chi connectivity index (χ1v) is 10.7. The van der Waals surface area contributed by atoms with Crippen molar-refractivity contribution in [3.8, 4) is 0 Å². The standard InChI is InChI=1S/C16H18N2O5S2/c1-11-3-2-4-14-17-12(7-15(19)18(11)14)8-23-16(20)9-24-13-5-6-25(21,22)10-13/h2-4,7,13H,5-6,8-10H2,1H3/t13-/m0/s1. The van der Waals surface area contributed by atoms with Crippen molar-refractivity contribution in [1.29, 1.82) is 0 Å². The maximum Gasteiger partial charge on any atom is 0.316 e. The SMILES string of the molecule is Cc1cccc2nc(COC(=O)CS[C@H]3CCS(=O)(=O)C3)cc(=O)n12. The Hall–Kier alpha value is -1.87. The normalized spacial score (nSPS) is 19.2. The van der Waals surface area contributed by atoms with Crippen LogP contribution in [0.25, 0.3) is 5.65 Å². The van der Waals surface area contributed by atoms with Crippen molar-refractivity contribution in [3.63, 3.8) is 0 Å². The lowest BCUT2D eigenvalue weighted by atomic mass is 10.3. The van der Waals surface area contributed by atoms with Gasteiger partial charge in [0.15, 0.2) is 9.84 Å². The Morgan fingerprint density at radius 1 is 1.44 bits per heavy atom. The summed E-state index contributed by atoms with van der Waals surface area (Å²) in [5, 5.41) is -0.0519. The zero-order valence-corrected chi connectivity index (χ0v) is 15.3. The zero-order chi connectivity index (χ0) is 18.0. The third-order valence-corrected chi connectivity index (χ3v) is 7.20. The molecule has 1 fully saturated rings. The molecular formula is C16H18N2O5S2. The van der Waals surface area contributed by atoms with Crippen molar-refractivity contribution < 1.29 is 17.9 Å². The number of pyridine rings is 1. The van der Waals surface area contributed by atoms with E-state index in [9.17, 15) is 18.0 Å². The molecule has 0 N–H and O–H groups in total. The van der Waals surface area contributed by atoms with Crippen molar-refractivity contribution in [2.45, 2.75) is 25.2 Å². The predicted octanol–water partition coefficient (Wildman–Crippen LogP) is 0.966. The van der Waals surface area contributed by atoms with Gasteiger partial charge in [0.05, 0.1) is 23.0 Å². The van der Waals surface area contributed by atoms with Crippen LogP contribution in [0.15, 0.2) is 29.1 Å². The summed E-state index contributed by atoms with van der Waals surface area (Å²) in [5.74, 6) is -0.0518. The van der Waals surface area contributed by atoms with Crippen LogP contribution in [0.1, 0.15) is 17.8 Å². The van der Waals surface area contributed by atoms with E-state index < -0.39 is 15.8 Å². The van der Waals surface area contributed by atoms with Crippen molar-refractivity contribution in [3.05, 3.63) is 46.0 Å². The molecule has 134 valence electrons. The molecule has 0 amide bonds. The van der Waals surface area contributed by atoms with Crippen LogP contribution >= 0.6 is 11.8 Å². The van der Waals surface area contributed by atoms with Crippen LogP contribution in [-0.2, 0) is 26.0 Å². The molecule has 1 saturated heterocycles. The minimum absolute atomic E-state index is 0.0519. The molecule has 7 nitrogen and oxygen atoms in total. The number of aromatic nitrogens is 2. The molecular weight excluding hydrogens is 364 g/mol. The molecule has 3 heterocycles. The van der Waals surface area contributed by atoms with E-state index in [4.69, 9.17) is 4.74 Å². The summed E-state index contributed by atoms with van der Waals surface area (Å²) >= 11 is 1.30. The van der Waals surface area contributed by atoms with Crippen molar-refractivity contribution in [2.24, 2.45) is 0 Å². The number of ether oxygens (including phenoxy) is 1. The number of fused-ring (bicyclic) bond motifs is 1. The van der Waals surface area contributed by atoms with Gasteiger partial charge in [0.25, 0.3) is 5.56 Å². The highest BCUT2D eigenvalue weighted by Gasteiger charge is 2.28. The van der Waals surface area contributed by atoms with E-state index in [1.165, 1.54) is 22.2 Å². The van der Waals surface area contributed by atoms with E-state index in [1.807, 2.05) is 13.0 Å². The Morgan fingerprint density at radius 3 is 2.96 bits per heavy atom. The second-order valence-electron chi connectivity index (χ2n) is 5.94. The number of hydrogen-bond donors (Lipinski definition) is 0. The average molecular weight is 382 g/mol. The Morgan fingerprint density at radius 2 is 2.24 bits per heavy atom. The average Bonchev–Trinajstić information content (AvgIpc) is 2.90. The summed E-state index contributed by atoms with van der Waals surface area (Å²) in [7, 11) is -2.95. The van der Waals surface area contributed by atoms with Crippen LogP contribution in [0.4, 0.5) is 0 Å². The first-order valence-electron chi connectivity index (χ1n) is 7.80. The molecule has 2 aromatic rings. The molecule has 0 bridgehead atoms. The molecule has 0 saturated carbocycles. The van der Waals surface area contributed by atoms with Gasteiger partial charge in [-0.15, -0.1) is 11.8 Å². The largest absolute Gasteiger partial charge is 0.459 e. The quantitative estimate of drug-likeness (QED) is 0.711. The molecule has 3 rings (SSSR count). The first kappa shape index (κ1) is 17.9. The number of esters is 1. The van der Waals surface area contributed by atoms with Crippen LogP contribution in [0.2, 0.25) is 0 Å². The lowest BCUT2D eigenvalue weighted by Gasteiger charge is -2.09. The second kappa shape index (κ2) is 7.17. The highest BCUT2D eigenvalue weighted by Crippen LogP contribution is 2.24. The van der Waals surface area contributed by atoms with Gasteiger partial charge in [-0.1, -0.05) is 6.07 Å². The van der Waals surface area contributed by atoms with Crippen molar-refractivity contribution in [2.75, 3.05) is 17.3 Å². The number of carbonyl (C=O) groups excluding carboxylic acids is 1. The fourth-order valence-corrected chi connectivity index (χ4v) is 6.15. The van der Waals surface area contributed by atoms with E-state index in [0.29, 0.717) is 17.8 Å². The van der Waals surface area contributed by atoms with Gasteiger partial charge >= 0.3 is 5.97 Å². The van der Waals surface area contributed by atoms with Crippen molar-refractivity contribution in [1.82, 2.24) is 9.38 Å². The molecule has 25 heavy (non-hydrogen) atoms. The molecule has 1 aliphatic heterocycles. The Balaban J connectivity index is 1.57. The minimum atomic E-state index is -2.95. The summed E-state index contributed by atoms with van der Waals surface area (Å²) in [5.41, 5.74) is 1.45. The van der Waals surface area contributed by atoms with Gasteiger partial charge in [0, 0.05) is 17.0 Å². The topological polar surface area (TPSA) is 94.8 Å². The molecule has 0 radical (unpaired) electrons. The highest BCUT2D eigenvalue weighted by atomic mass is 32.2. The van der Waals surface area contributed by atoms with E-state index in [1.54, 1.807) is 12.1 Å². The number of sulfone groups is 1. The van der Waals surface area contributed by atoms with E-state index >= 15 is 0 Å². The predicted molar refractivity (Wildman–Crippen MR) is 95.5 cm³/mol. The van der Waals surface area contributed by atoms with Crippen molar-refractivity contribution >= 4 is 33.2 Å². The van der Waals surface area contributed by atoms with Crippen LogP contribution in [0, 0.1) is 6.92 Å². The van der Waals surface area contributed by atoms with E-state index in [0.717, 1.165) is 5.69 Å². The fraction of sp³-hybridized carbons (Fsp3) is 0.438. The highest BCUT2D eigenvalue weighted by molar-refractivity contribution is 8.02. The molecule has 1 aliphatic rings. The molecule has 0 spiro atoms. The van der Waals surface area contributed by atoms with Gasteiger partial charge in [-0.2, -0.15) is 0 Å². The summed E-state index contributed by atoms with van der Waals surface area (Å²) in [6, 6.07) is 6.69. The number of nitrogens with zero attached hydrogens (tertiary/aromatic N) is 2. The summed E-state index contributed by atoms with van der Waals surface area (Å²) in [4.78, 5) is 28.3. The van der Waals surface area contributed by atoms with Gasteiger partial charge < -0.3 is 4.74 Å². The monoisotopic (exact) mass is 382 g/mol. The Labute approximate surface area is 149 Å². The third-order valence-electron chi connectivity index (χ3n) is 3.94. The molecule has 9 heteroatoms. The minimum Gasteiger partial charge on any atom is -0.459 e. The van der Waals surface area contributed by atoms with E-state index in [2.05, 4.69) is 4.98 Å². The molecule has 1 atom stereocenters. The fourth-order valence-electron chi connectivity index (χ4n) is 2.71. The number of carbonyl (C=O) groups is 1. The van der Waals surface area contributed by atoms with Crippen LogP contribution < -0.4 is 5.56 Å². The lowest BCUT2D eigenvalue weighted by Crippen LogP contribution is -2.19. The van der Waals surface area contributed by atoms with Gasteiger partial charge in [-0.25, -0.2) is 13.4 Å². The van der Waals surface area contributed by atoms with Crippen LogP contribution in [0.3, 0.4) is 0 Å². The summed E-state index contributed by atoms with van der Waals surface area (Å²) < 4.78 is 29.4. The zero-order valence-electron chi connectivity index (χ0n) is 13.7. The molecule has 2 aromatic heterocycles. The lowest BCUT2D eigenvalue weighted by molar-refractivity contribution is -0.141. The van der Waals surface area contributed by atoms with Crippen LogP contribution in [0.5, 0.6) is 0 Å². The number of hydrogen-bond acceptors (Lipinski definition) is 7. The number of aryl methyl sites for hydroxylation is 1. The second-order valence-corrected chi connectivity index (χ2v) is 9.46. The first-order chi connectivity index (χ1) is 11.8. The van der Waals surface area contributed by atoms with Gasteiger partial charge in [0.2, 0.25) is 0 Å². The summed E-state index contributed by atoms with van der Waals surface area (Å²) in [6.45, 7) is 1.73. The van der Waals surface area contributed by atoms with Gasteiger partial charge in [-0.05, 0) is 25.5 Å². The molecule has 0 aliphatic carbocycles. The summed E-state index contributed by atoms with van der Waals surface area (Å²) in [6.07, 6.45) is 0.572. The number of rotatable bonds is 5. The Kier molecular flexibility index (Phi) is 5.14. The smallest absolute Gasteiger partial charge is 0.316 e. The molecule has 0 aromatic carbocycles. The van der Waals surface area contributed by atoms with Gasteiger partial charge in [-0.3, -0.25) is 14.0 Å². The maximum absolute atomic E-state index is 12.1. The molecule has 0 unspecified atom stereocenters. The number of thioether (sulfide) groups is 1. The van der Waals surface area contributed by atoms with Crippen LogP contribution in [-0.4, -0.2) is 46.3 Å². The third kappa shape index (κ3) is 4.40. The van der Waals surface area contributed by atoms with Gasteiger partial charge in [0.1, 0.15) is 12.3 Å². The Bertz CT molecular complexity index is 968. The maximum atomic E-state index is 12.1.